The number of aliphatic hydroxyl groups is 1. The molecule has 160 valence electrons. The number of pyridine rings is 1. The number of benzene rings is 1. The molecule has 3 rings (SSSR count). The van der Waals surface area contributed by atoms with Gasteiger partial charge in [0.25, 0.3) is 11.6 Å². The Kier molecular flexibility index (Phi) is 6.40. The molecular weight excluding hydrogens is 399 g/mol. The van der Waals surface area contributed by atoms with E-state index in [1.807, 2.05) is 6.92 Å². The Bertz CT molecular complexity index is 1050. The van der Waals surface area contributed by atoms with Crippen LogP contribution in [-0.2, 0) is 6.18 Å². The summed E-state index contributed by atoms with van der Waals surface area (Å²) in [5, 5.41) is 13.5. The van der Waals surface area contributed by atoms with E-state index in [1.54, 1.807) is 6.92 Å². The van der Waals surface area contributed by atoms with Crippen LogP contribution in [0.1, 0.15) is 41.4 Å². The summed E-state index contributed by atoms with van der Waals surface area (Å²) in [6.45, 7) is 3.91. The summed E-state index contributed by atoms with van der Waals surface area (Å²) in [7, 11) is 0. The monoisotopic (exact) mass is 421 g/mol. The molecule has 6 nitrogen and oxygen atoms in total. The first-order chi connectivity index (χ1) is 14.3. The van der Waals surface area contributed by atoms with Crippen molar-refractivity contribution in [2.75, 3.05) is 19.7 Å². The summed E-state index contributed by atoms with van der Waals surface area (Å²) in [5.74, 6) is -0.415. The maximum absolute atomic E-state index is 13.5. The lowest BCUT2D eigenvalue weighted by molar-refractivity contribution is -0.137. The average molecular weight is 421 g/mol. The molecule has 2 aromatic heterocycles. The minimum atomic E-state index is -4.58. The number of aliphatic hydroxyl groups excluding tert-OH is 1. The lowest BCUT2D eigenvalue weighted by atomic mass is 10.00. The third kappa shape index (κ3) is 4.30. The largest absolute Gasteiger partial charge is 0.417 e. The summed E-state index contributed by atoms with van der Waals surface area (Å²) in [5.41, 5.74) is -0.493. The van der Waals surface area contributed by atoms with Crippen molar-refractivity contribution in [3.8, 4) is 11.3 Å². The second-order valence-corrected chi connectivity index (χ2v) is 6.92. The number of nitrogens with zero attached hydrogens (tertiary/aromatic N) is 3. The van der Waals surface area contributed by atoms with Crippen LogP contribution < -0.4 is 0 Å². The van der Waals surface area contributed by atoms with E-state index in [0.717, 1.165) is 18.9 Å². The van der Waals surface area contributed by atoms with E-state index in [2.05, 4.69) is 10.1 Å². The molecule has 0 aliphatic carbocycles. The molecule has 1 N–H and O–H groups in total. The van der Waals surface area contributed by atoms with Crippen LogP contribution in [0.2, 0.25) is 0 Å². The normalized spacial score (nSPS) is 11.8. The van der Waals surface area contributed by atoms with E-state index in [-0.39, 0.29) is 35.7 Å². The van der Waals surface area contributed by atoms with Gasteiger partial charge in [0, 0.05) is 18.7 Å². The predicted molar refractivity (Wildman–Crippen MR) is 105 cm³/mol. The van der Waals surface area contributed by atoms with E-state index in [4.69, 9.17) is 4.52 Å². The number of fused-ring (bicyclic) bond motifs is 1. The minimum Gasteiger partial charge on any atom is -0.395 e. The Hall–Kier alpha value is -2.94. The Morgan fingerprint density at radius 2 is 1.97 bits per heavy atom. The highest BCUT2D eigenvalue weighted by atomic mass is 19.4. The van der Waals surface area contributed by atoms with E-state index in [9.17, 15) is 23.1 Å². The first kappa shape index (κ1) is 21.8. The second-order valence-electron chi connectivity index (χ2n) is 6.92. The highest BCUT2D eigenvalue weighted by Gasteiger charge is 2.34. The quantitative estimate of drug-likeness (QED) is 0.610. The van der Waals surface area contributed by atoms with Gasteiger partial charge in [-0.05, 0) is 25.5 Å². The van der Waals surface area contributed by atoms with Crippen molar-refractivity contribution in [2.24, 2.45) is 0 Å². The van der Waals surface area contributed by atoms with E-state index in [1.165, 1.54) is 29.2 Å². The van der Waals surface area contributed by atoms with Crippen molar-refractivity contribution in [2.45, 2.75) is 32.9 Å². The number of unbranched alkanes of at least 4 members (excludes halogenated alkanes) is 1. The van der Waals surface area contributed by atoms with Crippen molar-refractivity contribution in [3.63, 3.8) is 0 Å². The van der Waals surface area contributed by atoms with Gasteiger partial charge >= 0.3 is 6.18 Å². The number of rotatable bonds is 7. The van der Waals surface area contributed by atoms with Gasteiger partial charge in [-0.1, -0.05) is 36.7 Å². The number of carbonyl (C=O) groups is 1. The molecule has 9 heteroatoms. The predicted octanol–water partition coefficient (Wildman–Crippen LogP) is 4.45. The number of halogens is 3. The van der Waals surface area contributed by atoms with Gasteiger partial charge < -0.3 is 14.5 Å². The average Bonchev–Trinajstić information content (AvgIpc) is 3.10. The maximum Gasteiger partial charge on any atom is 0.417 e. The van der Waals surface area contributed by atoms with Crippen LogP contribution in [-0.4, -0.2) is 45.8 Å². The highest BCUT2D eigenvalue weighted by molar-refractivity contribution is 6.07. The number of hydrogen-bond donors (Lipinski definition) is 1. The molecule has 0 fully saturated rings. The van der Waals surface area contributed by atoms with Crippen LogP contribution in [0.25, 0.3) is 22.4 Å². The Morgan fingerprint density at radius 1 is 1.23 bits per heavy atom. The van der Waals surface area contributed by atoms with Crippen LogP contribution in [0.3, 0.4) is 0 Å². The zero-order valence-electron chi connectivity index (χ0n) is 16.7. The highest BCUT2D eigenvalue weighted by Crippen LogP contribution is 2.37. The number of hydrogen-bond acceptors (Lipinski definition) is 5. The molecule has 2 heterocycles. The molecule has 0 saturated carbocycles. The molecule has 0 saturated heterocycles. The summed E-state index contributed by atoms with van der Waals surface area (Å²) in [6, 6.07) is 6.38. The van der Waals surface area contributed by atoms with Crippen LogP contribution in [0, 0.1) is 6.92 Å². The van der Waals surface area contributed by atoms with Gasteiger partial charge in [-0.2, -0.15) is 13.2 Å². The molecule has 1 aromatic carbocycles. The molecule has 0 atom stereocenters. The van der Waals surface area contributed by atoms with Crippen LogP contribution in [0.5, 0.6) is 0 Å². The lowest BCUT2D eigenvalue weighted by Gasteiger charge is -2.22. The van der Waals surface area contributed by atoms with E-state index < -0.39 is 17.6 Å². The third-order valence-electron chi connectivity index (χ3n) is 4.79. The Balaban J connectivity index is 2.19. The van der Waals surface area contributed by atoms with Gasteiger partial charge in [-0.25, -0.2) is 4.98 Å². The molecule has 1 amide bonds. The fourth-order valence-electron chi connectivity index (χ4n) is 3.31. The summed E-state index contributed by atoms with van der Waals surface area (Å²) in [4.78, 5) is 18.9. The zero-order chi connectivity index (χ0) is 21.9. The van der Waals surface area contributed by atoms with Crippen LogP contribution >= 0.6 is 0 Å². The topological polar surface area (TPSA) is 79.5 Å². The lowest BCUT2D eigenvalue weighted by Crippen LogP contribution is -2.34. The van der Waals surface area contributed by atoms with Crippen LogP contribution in [0.15, 0.2) is 34.9 Å². The molecule has 30 heavy (non-hydrogen) atoms. The first-order valence-electron chi connectivity index (χ1n) is 9.61. The van der Waals surface area contributed by atoms with Gasteiger partial charge in [0.1, 0.15) is 0 Å². The molecule has 0 aliphatic heterocycles. The minimum absolute atomic E-state index is 0.00947. The van der Waals surface area contributed by atoms with Gasteiger partial charge in [-0.15, -0.1) is 0 Å². The molecule has 0 radical (unpaired) electrons. The number of alkyl halides is 3. The van der Waals surface area contributed by atoms with E-state index in [0.29, 0.717) is 17.6 Å². The molecule has 0 aliphatic rings. The standard InChI is InChI=1S/C21H22F3N3O3/c1-3-4-9-27(10-11-28)20(29)15-12-17(25-19-18(15)13(2)26-30-19)14-7-5-6-8-16(14)21(22,23)24/h5-8,12,28H,3-4,9-11H2,1-2H3. The van der Waals surface area contributed by atoms with Gasteiger partial charge in [-0.3, -0.25) is 4.79 Å². The summed E-state index contributed by atoms with van der Waals surface area (Å²) < 4.78 is 45.7. The molecule has 0 unspecified atom stereocenters. The van der Waals surface area contributed by atoms with Gasteiger partial charge in [0.2, 0.25) is 0 Å². The zero-order valence-corrected chi connectivity index (χ0v) is 16.7. The van der Waals surface area contributed by atoms with Crippen molar-refractivity contribution in [3.05, 3.63) is 47.2 Å². The fraction of sp³-hybridized carbons (Fsp3) is 0.381. The molecule has 0 bridgehead atoms. The van der Waals surface area contributed by atoms with Gasteiger partial charge in [0.15, 0.2) is 0 Å². The maximum atomic E-state index is 13.5. The number of aromatic nitrogens is 2. The number of aryl methyl sites for hydroxylation is 1. The molecule has 0 spiro atoms. The van der Waals surface area contributed by atoms with Gasteiger partial charge in [0.05, 0.1) is 34.5 Å². The summed E-state index contributed by atoms with van der Waals surface area (Å²) >= 11 is 0. The van der Waals surface area contributed by atoms with Crippen molar-refractivity contribution < 1.29 is 27.6 Å². The Morgan fingerprint density at radius 3 is 2.63 bits per heavy atom. The van der Waals surface area contributed by atoms with Crippen molar-refractivity contribution >= 4 is 17.0 Å². The first-order valence-corrected chi connectivity index (χ1v) is 9.61. The number of carbonyl (C=O) groups excluding carboxylic acids is 1. The SMILES string of the molecule is CCCCN(CCO)C(=O)c1cc(-c2ccccc2C(F)(F)F)nc2onc(C)c12. The fourth-order valence-corrected chi connectivity index (χ4v) is 3.31. The number of amides is 1. The van der Waals surface area contributed by atoms with E-state index >= 15 is 0 Å². The smallest absolute Gasteiger partial charge is 0.395 e. The second kappa shape index (κ2) is 8.83. The third-order valence-corrected chi connectivity index (χ3v) is 4.79. The molecular formula is C21H22F3N3O3. The van der Waals surface area contributed by atoms with Crippen molar-refractivity contribution in [1.29, 1.82) is 0 Å². The summed E-state index contributed by atoms with van der Waals surface area (Å²) in [6.07, 6.45) is -3.01. The molecule has 3 aromatic rings. The Labute approximate surface area is 171 Å². The van der Waals surface area contributed by atoms with Crippen LogP contribution in [0.4, 0.5) is 13.2 Å². The van der Waals surface area contributed by atoms with Crippen molar-refractivity contribution in [1.82, 2.24) is 15.0 Å².